The summed E-state index contributed by atoms with van der Waals surface area (Å²) in [5.74, 6) is 1.72. The van der Waals surface area contributed by atoms with Gasteiger partial charge in [-0.15, -0.1) is 10.2 Å². The van der Waals surface area contributed by atoms with Gasteiger partial charge in [0.05, 0.1) is 6.04 Å². The lowest BCUT2D eigenvalue weighted by Crippen LogP contribution is -2.45. The van der Waals surface area contributed by atoms with Crippen LogP contribution in [0.25, 0.3) is 0 Å². The Balaban J connectivity index is 1.38. The molecule has 1 aliphatic heterocycles. The Morgan fingerprint density at radius 2 is 2.00 bits per heavy atom. The molecule has 0 spiro atoms. The second kappa shape index (κ2) is 7.89. The van der Waals surface area contributed by atoms with Gasteiger partial charge in [-0.25, -0.2) is 4.79 Å². The van der Waals surface area contributed by atoms with Crippen LogP contribution >= 0.6 is 0 Å². The number of urea groups is 1. The van der Waals surface area contributed by atoms with E-state index >= 15 is 0 Å². The Bertz CT molecular complexity index is 725. The van der Waals surface area contributed by atoms with Gasteiger partial charge in [0.25, 0.3) is 0 Å². The molecule has 2 aromatic rings. The van der Waals surface area contributed by atoms with Crippen molar-refractivity contribution in [2.45, 2.75) is 51.1 Å². The standard InChI is InChI=1S/C20H27N5O/c26-20(21-12-11-16-6-2-1-3-7-16)25-13-5-4-8-18(25)19-23-22-15-24(19)14-17-9-10-17/h1-3,6-7,15,17-18H,4-5,8-14H2,(H,21,26)/t18-/m1/s1. The van der Waals surface area contributed by atoms with Gasteiger partial charge in [0.1, 0.15) is 6.33 Å². The van der Waals surface area contributed by atoms with Gasteiger partial charge in [0, 0.05) is 19.6 Å². The highest BCUT2D eigenvalue weighted by Gasteiger charge is 2.32. The van der Waals surface area contributed by atoms with Gasteiger partial charge in [-0.05, 0) is 50.0 Å². The molecule has 1 aromatic heterocycles. The Morgan fingerprint density at radius 1 is 1.15 bits per heavy atom. The van der Waals surface area contributed by atoms with E-state index in [0.717, 1.165) is 50.5 Å². The lowest BCUT2D eigenvalue weighted by molar-refractivity contribution is 0.145. The average molecular weight is 353 g/mol. The van der Waals surface area contributed by atoms with Gasteiger partial charge < -0.3 is 14.8 Å². The maximum absolute atomic E-state index is 12.8. The molecular weight excluding hydrogens is 326 g/mol. The average Bonchev–Trinajstić information content (AvgIpc) is 3.38. The number of likely N-dealkylation sites (tertiary alicyclic amines) is 1. The van der Waals surface area contributed by atoms with E-state index in [0.29, 0.717) is 6.54 Å². The van der Waals surface area contributed by atoms with Gasteiger partial charge in [0.2, 0.25) is 0 Å². The smallest absolute Gasteiger partial charge is 0.318 e. The number of benzene rings is 1. The first-order valence-electron chi connectivity index (χ1n) is 9.77. The molecule has 4 rings (SSSR count). The zero-order chi connectivity index (χ0) is 17.8. The molecule has 1 atom stereocenters. The topological polar surface area (TPSA) is 63.1 Å². The molecule has 1 aliphatic carbocycles. The molecule has 2 fully saturated rings. The fourth-order valence-corrected chi connectivity index (χ4v) is 3.74. The number of nitrogens with zero attached hydrogens (tertiary/aromatic N) is 4. The minimum Gasteiger partial charge on any atom is -0.338 e. The van der Waals surface area contributed by atoms with Crippen LogP contribution in [0.1, 0.15) is 49.5 Å². The monoisotopic (exact) mass is 353 g/mol. The van der Waals surface area contributed by atoms with Crippen LogP contribution in [-0.2, 0) is 13.0 Å². The SMILES string of the molecule is O=C(NCCc1ccccc1)N1CCCC[C@@H]1c1nncn1CC1CC1. The highest BCUT2D eigenvalue weighted by molar-refractivity contribution is 5.74. The summed E-state index contributed by atoms with van der Waals surface area (Å²) in [7, 11) is 0. The molecule has 2 heterocycles. The number of rotatable bonds is 6. The summed E-state index contributed by atoms with van der Waals surface area (Å²) in [5, 5.41) is 11.6. The van der Waals surface area contributed by atoms with Crippen molar-refractivity contribution in [1.82, 2.24) is 25.0 Å². The van der Waals surface area contributed by atoms with Crippen LogP contribution < -0.4 is 5.32 Å². The predicted octanol–water partition coefficient (Wildman–Crippen LogP) is 3.17. The van der Waals surface area contributed by atoms with Crippen molar-refractivity contribution in [3.8, 4) is 0 Å². The van der Waals surface area contributed by atoms with Crippen molar-refractivity contribution < 1.29 is 4.79 Å². The van der Waals surface area contributed by atoms with Crippen molar-refractivity contribution in [3.05, 3.63) is 48.0 Å². The van der Waals surface area contributed by atoms with E-state index in [1.807, 2.05) is 29.4 Å². The van der Waals surface area contributed by atoms with Gasteiger partial charge in [-0.1, -0.05) is 30.3 Å². The summed E-state index contributed by atoms with van der Waals surface area (Å²) in [6.45, 7) is 2.43. The van der Waals surface area contributed by atoms with Gasteiger partial charge in [-0.2, -0.15) is 0 Å². The van der Waals surface area contributed by atoms with Crippen molar-refractivity contribution in [2.24, 2.45) is 5.92 Å². The summed E-state index contributed by atoms with van der Waals surface area (Å²) in [4.78, 5) is 14.8. The second-order valence-electron chi connectivity index (χ2n) is 7.46. The fourth-order valence-electron chi connectivity index (χ4n) is 3.74. The van der Waals surface area contributed by atoms with E-state index in [2.05, 4.69) is 32.2 Å². The van der Waals surface area contributed by atoms with Crippen LogP contribution in [0.5, 0.6) is 0 Å². The fraction of sp³-hybridized carbons (Fsp3) is 0.550. The molecule has 0 bridgehead atoms. The molecule has 6 heteroatoms. The summed E-state index contributed by atoms with van der Waals surface area (Å²) >= 11 is 0. The molecular formula is C20H27N5O. The maximum Gasteiger partial charge on any atom is 0.318 e. The first-order valence-corrected chi connectivity index (χ1v) is 9.77. The number of hydrogen-bond acceptors (Lipinski definition) is 3. The number of carbonyl (C=O) groups is 1. The lowest BCUT2D eigenvalue weighted by atomic mass is 10.0. The molecule has 1 saturated heterocycles. The molecule has 0 radical (unpaired) electrons. The van der Waals surface area contributed by atoms with E-state index < -0.39 is 0 Å². The van der Waals surface area contributed by atoms with Crippen LogP contribution in [0.3, 0.4) is 0 Å². The van der Waals surface area contributed by atoms with E-state index in [4.69, 9.17) is 0 Å². The molecule has 2 amide bonds. The largest absolute Gasteiger partial charge is 0.338 e. The highest BCUT2D eigenvalue weighted by atomic mass is 16.2. The van der Waals surface area contributed by atoms with Gasteiger partial charge in [-0.3, -0.25) is 0 Å². The highest BCUT2D eigenvalue weighted by Crippen LogP contribution is 2.34. The van der Waals surface area contributed by atoms with E-state index in [-0.39, 0.29) is 12.1 Å². The van der Waals surface area contributed by atoms with Crippen molar-refractivity contribution in [1.29, 1.82) is 0 Å². The van der Waals surface area contributed by atoms with Gasteiger partial charge >= 0.3 is 6.03 Å². The molecule has 26 heavy (non-hydrogen) atoms. The van der Waals surface area contributed by atoms with Crippen LogP contribution in [-0.4, -0.2) is 38.8 Å². The number of amides is 2. The summed E-state index contributed by atoms with van der Waals surface area (Å²) in [6, 6.07) is 10.3. The first kappa shape index (κ1) is 17.1. The zero-order valence-corrected chi connectivity index (χ0v) is 15.2. The first-order chi connectivity index (χ1) is 12.8. The summed E-state index contributed by atoms with van der Waals surface area (Å²) in [5.41, 5.74) is 1.24. The molecule has 6 nitrogen and oxygen atoms in total. The number of piperidine rings is 1. The minimum absolute atomic E-state index is 0.0200. The molecule has 138 valence electrons. The third-order valence-corrected chi connectivity index (χ3v) is 5.39. The minimum atomic E-state index is 0.0200. The Labute approximate surface area is 154 Å². The lowest BCUT2D eigenvalue weighted by Gasteiger charge is -2.35. The number of aromatic nitrogens is 3. The third-order valence-electron chi connectivity index (χ3n) is 5.39. The predicted molar refractivity (Wildman–Crippen MR) is 99.6 cm³/mol. The number of nitrogens with one attached hydrogen (secondary N) is 1. The van der Waals surface area contributed by atoms with E-state index in [9.17, 15) is 4.79 Å². The Morgan fingerprint density at radius 3 is 2.81 bits per heavy atom. The number of hydrogen-bond donors (Lipinski definition) is 1. The van der Waals surface area contributed by atoms with Crippen molar-refractivity contribution >= 4 is 6.03 Å². The van der Waals surface area contributed by atoms with Crippen LogP contribution in [0, 0.1) is 5.92 Å². The molecule has 2 aliphatic rings. The second-order valence-corrected chi connectivity index (χ2v) is 7.46. The summed E-state index contributed by atoms with van der Waals surface area (Å²) < 4.78 is 2.16. The third kappa shape index (κ3) is 4.06. The maximum atomic E-state index is 12.8. The van der Waals surface area contributed by atoms with E-state index in [1.165, 1.54) is 18.4 Å². The normalized spacial score (nSPS) is 20.2. The quantitative estimate of drug-likeness (QED) is 0.868. The molecule has 1 aromatic carbocycles. The van der Waals surface area contributed by atoms with E-state index in [1.54, 1.807) is 0 Å². The van der Waals surface area contributed by atoms with Gasteiger partial charge in [0.15, 0.2) is 5.82 Å². The molecule has 1 saturated carbocycles. The van der Waals surface area contributed by atoms with Crippen LogP contribution in [0.15, 0.2) is 36.7 Å². The number of carbonyl (C=O) groups excluding carboxylic acids is 1. The molecule has 1 N–H and O–H groups in total. The van der Waals surface area contributed by atoms with Crippen molar-refractivity contribution in [2.75, 3.05) is 13.1 Å². The van der Waals surface area contributed by atoms with Crippen molar-refractivity contribution in [3.63, 3.8) is 0 Å². The molecule has 0 unspecified atom stereocenters. The zero-order valence-electron chi connectivity index (χ0n) is 15.2. The Kier molecular flexibility index (Phi) is 5.18. The summed E-state index contributed by atoms with van der Waals surface area (Å²) in [6.07, 6.45) is 8.43. The van der Waals surface area contributed by atoms with Crippen LogP contribution in [0.2, 0.25) is 0 Å². The Hall–Kier alpha value is -2.37. The van der Waals surface area contributed by atoms with Crippen LogP contribution in [0.4, 0.5) is 4.79 Å².